The van der Waals surface area contributed by atoms with Crippen molar-refractivity contribution in [3.63, 3.8) is 0 Å². The number of rotatable bonds is 6. The van der Waals surface area contributed by atoms with Crippen LogP contribution in [0.4, 0.5) is 5.69 Å². The third-order valence-corrected chi connectivity index (χ3v) is 2.68. The van der Waals surface area contributed by atoms with Gasteiger partial charge in [-0.1, -0.05) is 0 Å². The highest BCUT2D eigenvalue weighted by atomic mass is 16.6. The van der Waals surface area contributed by atoms with Crippen LogP contribution in [0.25, 0.3) is 0 Å². The van der Waals surface area contributed by atoms with E-state index in [-0.39, 0.29) is 16.8 Å². The first-order valence-corrected chi connectivity index (χ1v) is 5.69. The summed E-state index contributed by atoms with van der Waals surface area (Å²) in [5.74, 6) is 0. The molecule has 0 aliphatic carbocycles. The van der Waals surface area contributed by atoms with E-state index < -0.39 is 17.1 Å². The van der Waals surface area contributed by atoms with Gasteiger partial charge in [-0.25, -0.2) is 0 Å². The zero-order valence-electron chi connectivity index (χ0n) is 10.4. The molecule has 1 aromatic rings. The number of hydrogen-bond acceptors (Lipinski definition) is 6. The molecule has 0 aromatic heterocycles. The van der Waals surface area contributed by atoms with Gasteiger partial charge in [0.25, 0.3) is 5.69 Å². The Balaban J connectivity index is 3.02. The lowest BCUT2D eigenvalue weighted by Gasteiger charge is -2.18. The summed E-state index contributed by atoms with van der Waals surface area (Å²) in [6.45, 7) is 0.498. The maximum atomic E-state index is 10.7. The second-order valence-electron chi connectivity index (χ2n) is 4.09. The number of aliphatic hydroxyl groups excluding tert-OH is 2. The first kappa shape index (κ1) is 15.0. The van der Waals surface area contributed by atoms with Crippen molar-refractivity contribution in [3.8, 4) is 6.07 Å². The monoisotopic (exact) mass is 265 g/mol. The van der Waals surface area contributed by atoms with E-state index in [1.165, 1.54) is 6.07 Å². The number of hydrogen-bond donors (Lipinski definition) is 3. The van der Waals surface area contributed by atoms with Crippen molar-refractivity contribution in [3.05, 3.63) is 39.4 Å². The summed E-state index contributed by atoms with van der Waals surface area (Å²) >= 11 is 0. The molecule has 0 saturated heterocycles. The van der Waals surface area contributed by atoms with Crippen LogP contribution < -0.4 is 5.32 Å². The van der Waals surface area contributed by atoms with Crippen molar-refractivity contribution in [2.24, 2.45) is 0 Å². The maximum absolute atomic E-state index is 10.7. The topological polar surface area (TPSA) is 119 Å². The van der Waals surface area contributed by atoms with Gasteiger partial charge in [-0.2, -0.15) is 5.26 Å². The van der Waals surface area contributed by atoms with Crippen LogP contribution in [0.3, 0.4) is 0 Å². The van der Waals surface area contributed by atoms with E-state index in [4.69, 9.17) is 5.26 Å². The number of non-ortho nitro benzene ring substituents is 1. The van der Waals surface area contributed by atoms with Crippen LogP contribution in [0, 0.1) is 21.4 Å². The lowest BCUT2D eigenvalue weighted by atomic mass is 9.99. The second kappa shape index (κ2) is 6.80. The zero-order chi connectivity index (χ0) is 14.4. The van der Waals surface area contributed by atoms with Gasteiger partial charge in [-0.3, -0.25) is 10.1 Å². The Morgan fingerprint density at radius 1 is 1.47 bits per heavy atom. The van der Waals surface area contributed by atoms with Crippen molar-refractivity contribution in [1.82, 2.24) is 5.32 Å². The lowest BCUT2D eigenvalue weighted by molar-refractivity contribution is -0.385. The van der Waals surface area contributed by atoms with Gasteiger partial charge in [0.15, 0.2) is 0 Å². The molecule has 0 aliphatic heterocycles. The van der Waals surface area contributed by atoms with Gasteiger partial charge in [0.1, 0.15) is 6.10 Å². The van der Waals surface area contributed by atoms with E-state index >= 15 is 0 Å². The van der Waals surface area contributed by atoms with Gasteiger partial charge < -0.3 is 15.5 Å². The molecule has 0 spiro atoms. The Labute approximate surface area is 110 Å². The molecule has 0 amide bonds. The summed E-state index contributed by atoms with van der Waals surface area (Å²) < 4.78 is 0. The van der Waals surface area contributed by atoms with Crippen LogP contribution >= 0.6 is 0 Å². The van der Waals surface area contributed by atoms with Crippen LogP contribution in [-0.2, 0) is 0 Å². The highest BCUT2D eigenvalue weighted by Crippen LogP contribution is 2.24. The van der Waals surface area contributed by atoms with Crippen LogP contribution in [0.1, 0.15) is 23.7 Å². The van der Waals surface area contributed by atoms with Crippen LogP contribution in [0.15, 0.2) is 18.2 Å². The number of nitrogens with zero attached hydrogens (tertiary/aromatic N) is 2. The van der Waals surface area contributed by atoms with Gasteiger partial charge in [0.2, 0.25) is 0 Å². The van der Waals surface area contributed by atoms with E-state index in [2.05, 4.69) is 5.32 Å². The van der Waals surface area contributed by atoms with Crippen molar-refractivity contribution in [1.29, 1.82) is 5.26 Å². The predicted molar refractivity (Wildman–Crippen MR) is 67.3 cm³/mol. The third kappa shape index (κ3) is 3.99. The lowest BCUT2D eigenvalue weighted by Crippen LogP contribution is -2.23. The molecule has 0 aliphatic rings. The van der Waals surface area contributed by atoms with Gasteiger partial charge >= 0.3 is 0 Å². The van der Waals surface area contributed by atoms with Gasteiger partial charge in [0.05, 0.1) is 22.7 Å². The number of nitro benzene ring substituents is 1. The quantitative estimate of drug-likeness (QED) is 0.508. The Morgan fingerprint density at radius 3 is 2.68 bits per heavy atom. The molecule has 19 heavy (non-hydrogen) atoms. The number of nitriles is 1. The van der Waals surface area contributed by atoms with E-state index in [0.717, 1.165) is 12.1 Å². The molecule has 0 saturated carbocycles. The van der Waals surface area contributed by atoms with Crippen molar-refractivity contribution < 1.29 is 15.1 Å². The second-order valence-corrected chi connectivity index (χ2v) is 4.09. The van der Waals surface area contributed by atoms with Crippen LogP contribution in [0.2, 0.25) is 0 Å². The fraction of sp³-hybridized carbons (Fsp3) is 0.417. The van der Waals surface area contributed by atoms with Crippen LogP contribution in [0.5, 0.6) is 0 Å². The molecular weight excluding hydrogens is 250 g/mol. The molecule has 0 radical (unpaired) electrons. The number of nitro groups is 1. The Kier molecular flexibility index (Phi) is 5.38. The minimum absolute atomic E-state index is 0.0732. The van der Waals surface area contributed by atoms with Gasteiger partial charge in [0, 0.05) is 12.1 Å². The number of nitrogens with one attached hydrogen (secondary N) is 1. The first-order valence-electron chi connectivity index (χ1n) is 5.69. The first-order chi connectivity index (χ1) is 8.99. The summed E-state index contributed by atoms with van der Waals surface area (Å²) in [6, 6.07) is 5.41. The molecule has 0 bridgehead atoms. The molecule has 1 aromatic carbocycles. The smallest absolute Gasteiger partial charge is 0.271 e. The number of benzene rings is 1. The summed E-state index contributed by atoms with van der Waals surface area (Å²) in [5.41, 5.74) is -0.0488. The summed E-state index contributed by atoms with van der Waals surface area (Å²) in [6.07, 6.45) is -2.02. The Bertz CT molecular complexity index is 498. The van der Waals surface area contributed by atoms with Crippen molar-refractivity contribution >= 4 is 5.69 Å². The van der Waals surface area contributed by atoms with Crippen molar-refractivity contribution in [2.45, 2.75) is 18.6 Å². The Morgan fingerprint density at radius 2 is 2.16 bits per heavy atom. The molecule has 0 heterocycles. The summed E-state index contributed by atoms with van der Waals surface area (Å²) in [5, 5.41) is 42.0. The molecule has 0 fully saturated rings. The fourth-order valence-electron chi connectivity index (χ4n) is 1.65. The standard InChI is InChI=1S/C12H15N3O4/c1-14-3-2-11(16)12(17)9-4-8(7-13)5-10(6-9)15(18)19/h4-6,11-12,14,16-17H,2-3H2,1H3. The Hall–Kier alpha value is -2.01. The average molecular weight is 265 g/mol. The van der Waals surface area contributed by atoms with Gasteiger partial charge in [-0.15, -0.1) is 0 Å². The zero-order valence-corrected chi connectivity index (χ0v) is 10.4. The summed E-state index contributed by atoms with van der Waals surface area (Å²) in [7, 11) is 1.71. The normalized spacial score (nSPS) is 13.6. The van der Waals surface area contributed by atoms with Crippen molar-refractivity contribution in [2.75, 3.05) is 13.6 Å². The molecule has 3 N–H and O–H groups in total. The maximum Gasteiger partial charge on any atom is 0.271 e. The minimum atomic E-state index is -1.26. The van der Waals surface area contributed by atoms with E-state index in [9.17, 15) is 20.3 Å². The SMILES string of the molecule is CNCCC(O)C(O)c1cc(C#N)cc([N+](=O)[O-])c1. The highest BCUT2D eigenvalue weighted by Gasteiger charge is 2.21. The summed E-state index contributed by atoms with van der Waals surface area (Å²) in [4.78, 5) is 10.1. The molecule has 1 rings (SSSR count). The van der Waals surface area contributed by atoms with E-state index in [0.29, 0.717) is 13.0 Å². The molecule has 102 valence electrons. The van der Waals surface area contributed by atoms with Crippen LogP contribution in [-0.4, -0.2) is 34.8 Å². The molecule has 2 unspecified atom stereocenters. The predicted octanol–water partition coefficient (Wildman–Crippen LogP) is 0.470. The largest absolute Gasteiger partial charge is 0.390 e. The fourth-order valence-corrected chi connectivity index (χ4v) is 1.65. The average Bonchev–Trinajstić information content (AvgIpc) is 2.43. The molecule has 7 heteroatoms. The third-order valence-electron chi connectivity index (χ3n) is 2.68. The van der Waals surface area contributed by atoms with Gasteiger partial charge in [-0.05, 0) is 31.6 Å². The molecule has 2 atom stereocenters. The molecule has 7 nitrogen and oxygen atoms in total. The minimum Gasteiger partial charge on any atom is -0.390 e. The molecular formula is C12H15N3O4. The van der Waals surface area contributed by atoms with E-state index in [1.807, 2.05) is 0 Å². The van der Waals surface area contributed by atoms with E-state index in [1.54, 1.807) is 13.1 Å². The highest BCUT2D eigenvalue weighted by molar-refractivity contribution is 5.45. The number of aliphatic hydroxyl groups is 2.